The molecule has 0 radical (unpaired) electrons. The lowest BCUT2D eigenvalue weighted by Crippen LogP contribution is -2.07. The monoisotopic (exact) mass is 190 g/mol. The summed E-state index contributed by atoms with van der Waals surface area (Å²) in [4.78, 5) is 5.55. The molecule has 0 saturated carbocycles. The predicted octanol–water partition coefficient (Wildman–Crippen LogP) is 1.36. The molecular formula is C8H6N4S. The second-order valence-electron chi connectivity index (χ2n) is 2.84. The third-order valence-corrected chi connectivity index (χ3v) is 2.77. The van der Waals surface area contributed by atoms with Crippen molar-refractivity contribution in [2.45, 2.75) is 0 Å². The summed E-state index contributed by atoms with van der Waals surface area (Å²) in [7, 11) is 0. The van der Waals surface area contributed by atoms with Crippen LogP contribution in [0.3, 0.4) is 0 Å². The maximum Gasteiger partial charge on any atom is 0.0959 e. The summed E-state index contributed by atoms with van der Waals surface area (Å²) in [5.41, 5.74) is 3.75. The van der Waals surface area contributed by atoms with Crippen LogP contribution in [-0.2, 0) is 0 Å². The maximum absolute atomic E-state index is 5.51. The van der Waals surface area contributed by atoms with Gasteiger partial charge in [-0.2, -0.15) is 9.89 Å². The molecular weight excluding hydrogens is 184 g/mol. The van der Waals surface area contributed by atoms with E-state index in [-0.39, 0.29) is 0 Å². The number of thiazole rings is 1. The minimum atomic E-state index is 0.916. The molecule has 0 bridgehead atoms. The van der Waals surface area contributed by atoms with Gasteiger partial charge in [0, 0.05) is 5.39 Å². The Bertz CT molecular complexity index is 532. The predicted molar refractivity (Wildman–Crippen MR) is 53.1 cm³/mol. The molecule has 2 heterocycles. The number of benzene rings is 1. The molecule has 64 valence electrons. The summed E-state index contributed by atoms with van der Waals surface area (Å²) in [6, 6.07) is 4.00. The standard InChI is InChI=1S/C8H6N4S/c9-12-3-5-1-7-8(13-4-10-7)2-6(5)11-12/h1-4H,9H2. The second kappa shape index (κ2) is 2.20. The Morgan fingerprint density at radius 2 is 2.23 bits per heavy atom. The van der Waals surface area contributed by atoms with Gasteiger partial charge in [0.2, 0.25) is 0 Å². The van der Waals surface area contributed by atoms with Gasteiger partial charge in [0.25, 0.3) is 0 Å². The van der Waals surface area contributed by atoms with Crippen molar-refractivity contribution >= 4 is 32.5 Å². The van der Waals surface area contributed by atoms with Crippen molar-refractivity contribution in [1.29, 1.82) is 0 Å². The third-order valence-electron chi connectivity index (χ3n) is 1.97. The van der Waals surface area contributed by atoms with Crippen LogP contribution in [0.1, 0.15) is 0 Å². The molecule has 0 aliphatic carbocycles. The quantitative estimate of drug-likeness (QED) is 0.544. The Kier molecular flexibility index (Phi) is 1.16. The fourth-order valence-electron chi connectivity index (χ4n) is 1.39. The van der Waals surface area contributed by atoms with Crippen molar-refractivity contribution in [3.8, 4) is 0 Å². The Labute approximate surface area is 77.6 Å². The van der Waals surface area contributed by atoms with E-state index in [9.17, 15) is 0 Å². The zero-order valence-electron chi connectivity index (χ0n) is 6.64. The van der Waals surface area contributed by atoms with E-state index in [0.29, 0.717) is 0 Å². The van der Waals surface area contributed by atoms with E-state index in [1.54, 1.807) is 17.5 Å². The zero-order valence-corrected chi connectivity index (χ0v) is 7.45. The molecule has 1 aromatic carbocycles. The van der Waals surface area contributed by atoms with Crippen LogP contribution in [0.25, 0.3) is 21.1 Å². The molecule has 0 unspecified atom stereocenters. The lowest BCUT2D eigenvalue weighted by atomic mass is 10.2. The van der Waals surface area contributed by atoms with Crippen molar-refractivity contribution in [3.63, 3.8) is 0 Å². The largest absolute Gasteiger partial charge is 0.323 e. The summed E-state index contributed by atoms with van der Waals surface area (Å²) >= 11 is 1.61. The van der Waals surface area contributed by atoms with Crippen LogP contribution in [0.5, 0.6) is 0 Å². The molecule has 0 aliphatic heterocycles. The van der Waals surface area contributed by atoms with Crippen LogP contribution >= 0.6 is 11.3 Å². The first-order chi connectivity index (χ1) is 6.33. The molecule has 0 spiro atoms. The first-order valence-corrected chi connectivity index (χ1v) is 4.68. The van der Waals surface area contributed by atoms with Gasteiger partial charge >= 0.3 is 0 Å². The topological polar surface area (TPSA) is 56.7 Å². The molecule has 4 nitrogen and oxygen atoms in total. The minimum absolute atomic E-state index is 0.916. The van der Waals surface area contributed by atoms with E-state index >= 15 is 0 Å². The second-order valence-corrected chi connectivity index (χ2v) is 3.73. The fraction of sp³-hybridized carbons (Fsp3) is 0. The molecule has 0 saturated heterocycles. The number of nitrogens with two attached hydrogens (primary N) is 1. The van der Waals surface area contributed by atoms with Crippen molar-refractivity contribution in [2.24, 2.45) is 0 Å². The van der Waals surface area contributed by atoms with Crippen LogP contribution in [0, 0.1) is 0 Å². The van der Waals surface area contributed by atoms with Crippen LogP contribution in [0.4, 0.5) is 0 Å². The molecule has 0 amide bonds. The van der Waals surface area contributed by atoms with Gasteiger partial charge in [-0.1, -0.05) is 0 Å². The van der Waals surface area contributed by atoms with Crippen molar-refractivity contribution in [3.05, 3.63) is 23.8 Å². The Morgan fingerprint density at radius 3 is 3.15 bits per heavy atom. The van der Waals surface area contributed by atoms with E-state index < -0.39 is 0 Å². The Balaban J connectivity index is 2.54. The first-order valence-electron chi connectivity index (χ1n) is 3.81. The molecule has 5 heteroatoms. The average Bonchev–Trinajstić information content (AvgIpc) is 2.63. The SMILES string of the molecule is Nn1cc2cc3ncsc3cc2n1. The minimum Gasteiger partial charge on any atom is -0.323 e. The molecule has 0 atom stereocenters. The normalized spacial score (nSPS) is 11.4. The molecule has 0 fully saturated rings. The van der Waals surface area contributed by atoms with Crippen molar-refractivity contribution < 1.29 is 0 Å². The van der Waals surface area contributed by atoms with Crippen molar-refractivity contribution in [2.75, 3.05) is 5.84 Å². The summed E-state index contributed by atoms with van der Waals surface area (Å²) in [6.07, 6.45) is 1.79. The highest BCUT2D eigenvalue weighted by molar-refractivity contribution is 7.16. The number of nitrogen functional groups attached to an aromatic ring is 1. The molecule has 2 N–H and O–H groups in total. The number of rotatable bonds is 0. The highest BCUT2D eigenvalue weighted by atomic mass is 32.1. The Hall–Kier alpha value is -1.62. The van der Waals surface area contributed by atoms with Gasteiger partial charge in [-0.3, -0.25) is 0 Å². The maximum atomic E-state index is 5.51. The highest BCUT2D eigenvalue weighted by Crippen LogP contribution is 2.23. The number of fused-ring (bicyclic) bond motifs is 2. The number of hydrogen-bond donors (Lipinski definition) is 1. The average molecular weight is 190 g/mol. The first kappa shape index (κ1) is 6.85. The van der Waals surface area contributed by atoms with E-state index in [1.165, 1.54) is 4.79 Å². The van der Waals surface area contributed by atoms with Crippen molar-refractivity contribution in [1.82, 2.24) is 14.9 Å². The third kappa shape index (κ3) is 0.905. The number of aromatic nitrogens is 3. The Morgan fingerprint density at radius 1 is 1.31 bits per heavy atom. The van der Waals surface area contributed by atoms with Gasteiger partial charge < -0.3 is 5.84 Å². The number of hydrogen-bond acceptors (Lipinski definition) is 4. The van der Waals surface area contributed by atoms with Crippen LogP contribution in [-0.4, -0.2) is 14.9 Å². The van der Waals surface area contributed by atoms with Gasteiger partial charge in [-0.25, -0.2) is 4.98 Å². The molecule has 0 aliphatic rings. The summed E-state index contributed by atoms with van der Waals surface area (Å²) in [5.74, 6) is 5.51. The highest BCUT2D eigenvalue weighted by Gasteiger charge is 2.02. The molecule has 2 aromatic heterocycles. The van der Waals surface area contributed by atoms with Crippen LogP contribution in [0.2, 0.25) is 0 Å². The van der Waals surface area contributed by atoms with Crippen LogP contribution < -0.4 is 5.84 Å². The van der Waals surface area contributed by atoms with Gasteiger partial charge in [-0.15, -0.1) is 11.3 Å². The van der Waals surface area contributed by atoms with Gasteiger partial charge in [-0.05, 0) is 12.1 Å². The molecule has 3 aromatic rings. The van der Waals surface area contributed by atoms with Gasteiger partial charge in [0.05, 0.1) is 27.4 Å². The molecule has 13 heavy (non-hydrogen) atoms. The molecule has 3 rings (SSSR count). The fourth-order valence-corrected chi connectivity index (χ4v) is 2.09. The summed E-state index contributed by atoms with van der Waals surface area (Å²) in [6.45, 7) is 0. The van der Waals surface area contributed by atoms with Crippen LogP contribution in [0.15, 0.2) is 23.8 Å². The van der Waals surface area contributed by atoms with Gasteiger partial charge in [0.1, 0.15) is 0 Å². The van der Waals surface area contributed by atoms with E-state index in [4.69, 9.17) is 5.84 Å². The van der Waals surface area contributed by atoms with E-state index in [1.807, 2.05) is 17.6 Å². The lowest BCUT2D eigenvalue weighted by molar-refractivity contribution is 0.846. The number of nitrogens with zero attached hydrogens (tertiary/aromatic N) is 3. The summed E-state index contributed by atoms with van der Waals surface area (Å²) in [5, 5.41) is 5.14. The van der Waals surface area contributed by atoms with E-state index in [0.717, 1.165) is 21.1 Å². The van der Waals surface area contributed by atoms with Gasteiger partial charge in [0.15, 0.2) is 0 Å². The summed E-state index contributed by atoms with van der Waals surface area (Å²) < 4.78 is 1.14. The zero-order chi connectivity index (χ0) is 8.84. The lowest BCUT2D eigenvalue weighted by Gasteiger charge is -1.86. The van der Waals surface area contributed by atoms with E-state index in [2.05, 4.69) is 10.1 Å². The smallest absolute Gasteiger partial charge is 0.0959 e.